The smallest absolute Gasteiger partial charge is 0.193 e. The Hall–Kier alpha value is -1.19. The maximum atomic E-state index is 12.3. The van der Waals surface area contributed by atoms with Crippen molar-refractivity contribution in [1.29, 1.82) is 0 Å². The molecule has 2 rings (SSSR count). The first-order chi connectivity index (χ1) is 8.11. The molecule has 92 valence electrons. The molecule has 1 aliphatic heterocycles. The molecule has 1 N–H and O–H groups in total. The molecule has 1 aliphatic rings. The zero-order valence-corrected chi connectivity index (χ0v) is 10.7. The maximum absolute atomic E-state index is 12.3. The summed E-state index contributed by atoms with van der Waals surface area (Å²) in [4.78, 5) is 12.3. The molecule has 0 radical (unpaired) electrons. The predicted molar refractivity (Wildman–Crippen MR) is 67.6 cm³/mol. The van der Waals surface area contributed by atoms with E-state index in [0.29, 0.717) is 13.2 Å². The minimum atomic E-state index is -0.329. The van der Waals surface area contributed by atoms with Crippen molar-refractivity contribution in [2.75, 3.05) is 19.7 Å². The van der Waals surface area contributed by atoms with Gasteiger partial charge in [-0.15, -0.1) is 0 Å². The molecule has 0 aromatic heterocycles. The van der Waals surface area contributed by atoms with Crippen molar-refractivity contribution in [3.05, 3.63) is 34.4 Å². The fourth-order valence-corrected chi connectivity index (χ4v) is 2.13. The lowest BCUT2D eigenvalue weighted by Gasteiger charge is -2.23. The van der Waals surface area contributed by atoms with Crippen molar-refractivity contribution in [1.82, 2.24) is 5.32 Å². The largest absolute Gasteiger partial charge is 0.367 e. The Balaban J connectivity index is 2.27. The fraction of sp³-hybridized carbons (Fsp3) is 0.500. The van der Waals surface area contributed by atoms with Gasteiger partial charge in [0.15, 0.2) is 5.78 Å². The maximum Gasteiger partial charge on any atom is 0.193 e. The zero-order chi connectivity index (χ0) is 12.4. The summed E-state index contributed by atoms with van der Waals surface area (Å²) in [6.45, 7) is 8.18. The van der Waals surface area contributed by atoms with E-state index in [1.165, 1.54) is 11.1 Å². The van der Waals surface area contributed by atoms with Gasteiger partial charge in [-0.3, -0.25) is 4.79 Å². The molecule has 0 spiro atoms. The second kappa shape index (κ2) is 4.98. The minimum absolute atomic E-state index is 0.0952. The summed E-state index contributed by atoms with van der Waals surface area (Å²) in [5.74, 6) is 0.0952. The molecule has 1 heterocycles. The van der Waals surface area contributed by atoms with Crippen LogP contribution in [0.25, 0.3) is 0 Å². The zero-order valence-electron chi connectivity index (χ0n) is 10.7. The second-order valence-electron chi connectivity index (χ2n) is 4.61. The van der Waals surface area contributed by atoms with Crippen LogP contribution in [-0.2, 0) is 4.74 Å². The fourth-order valence-electron chi connectivity index (χ4n) is 2.13. The van der Waals surface area contributed by atoms with Crippen LogP contribution in [0.1, 0.15) is 27.0 Å². The number of nitrogens with one attached hydrogen (secondary N) is 1. The molecule has 1 aromatic rings. The van der Waals surface area contributed by atoms with Crippen LogP contribution in [0.15, 0.2) is 12.1 Å². The van der Waals surface area contributed by atoms with E-state index in [0.717, 1.165) is 17.7 Å². The number of Topliss-reactive ketones (excluding diaryl/α,β-unsaturated/α-hetero) is 1. The Morgan fingerprint density at radius 1 is 1.29 bits per heavy atom. The third kappa shape index (κ3) is 2.40. The van der Waals surface area contributed by atoms with E-state index in [4.69, 9.17) is 4.74 Å². The van der Waals surface area contributed by atoms with Gasteiger partial charge in [0.25, 0.3) is 0 Å². The van der Waals surface area contributed by atoms with E-state index < -0.39 is 0 Å². The number of ketones is 1. The summed E-state index contributed by atoms with van der Waals surface area (Å²) >= 11 is 0. The lowest BCUT2D eigenvalue weighted by molar-refractivity contribution is 0.0269. The highest BCUT2D eigenvalue weighted by molar-refractivity contribution is 6.01. The Morgan fingerprint density at radius 3 is 2.71 bits per heavy atom. The molecule has 3 nitrogen and oxygen atoms in total. The molecule has 1 atom stereocenters. The Labute approximate surface area is 102 Å². The van der Waals surface area contributed by atoms with Crippen molar-refractivity contribution in [3.8, 4) is 0 Å². The van der Waals surface area contributed by atoms with Crippen LogP contribution in [0.3, 0.4) is 0 Å². The number of ether oxygens (including phenoxy) is 1. The van der Waals surface area contributed by atoms with Crippen LogP contribution in [0.4, 0.5) is 0 Å². The molecular formula is C14H19NO2. The molecule has 1 unspecified atom stereocenters. The van der Waals surface area contributed by atoms with E-state index in [1.54, 1.807) is 0 Å². The molecular weight excluding hydrogens is 214 g/mol. The average Bonchev–Trinajstić information content (AvgIpc) is 2.36. The summed E-state index contributed by atoms with van der Waals surface area (Å²) < 4.78 is 5.51. The Bertz CT molecular complexity index is 434. The first kappa shape index (κ1) is 12.3. The summed E-state index contributed by atoms with van der Waals surface area (Å²) in [7, 11) is 0. The standard InChI is InChI=1S/C14H19NO2/c1-9-4-5-12(11(3)10(9)2)14(16)13-8-15-6-7-17-13/h4-5,13,15H,6-8H2,1-3H3. The van der Waals surface area contributed by atoms with Crippen molar-refractivity contribution in [2.45, 2.75) is 26.9 Å². The van der Waals surface area contributed by atoms with Gasteiger partial charge in [0.2, 0.25) is 0 Å². The average molecular weight is 233 g/mol. The third-order valence-corrected chi connectivity index (χ3v) is 3.54. The first-order valence-corrected chi connectivity index (χ1v) is 6.04. The predicted octanol–water partition coefficient (Wildman–Crippen LogP) is 1.78. The van der Waals surface area contributed by atoms with E-state index in [2.05, 4.69) is 19.2 Å². The lowest BCUT2D eigenvalue weighted by Crippen LogP contribution is -2.43. The number of hydrogen-bond donors (Lipinski definition) is 1. The van der Waals surface area contributed by atoms with Gasteiger partial charge in [0.1, 0.15) is 6.10 Å². The molecule has 0 saturated carbocycles. The van der Waals surface area contributed by atoms with Gasteiger partial charge in [-0.2, -0.15) is 0 Å². The highest BCUT2D eigenvalue weighted by Crippen LogP contribution is 2.19. The highest BCUT2D eigenvalue weighted by atomic mass is 16.5. The van der Waals surface area contributed by atoms with E-state index in [1.807, 2.05) is 19.1 Å². The minimum Gasteiger partial charge on any atom is -0.367 e. The van der Waals surface area contributed by atoms with Crippen molar-refractivity contribution in [2.24, 2.45) is 0 Å². The highest BCUT2D eigenvalue weighted by Gasteiger charge is 2.24. The topological polar surface area (TPSA) is 38.3 Å². The molecule has 1 aromatic carbocycles. The Kier molecular flexibility index (Phi) is 3.60. The van der Waals surface area contributed by atoms with Gasteiger partial charge in [-0.1, -0.05) is 12.1 Å². The van der Waals surface area contributed by atoms with Crippen LogP contribution >= 0.6 is 0 Å². The number of carbonyl (C=O) groups is 1. The van der Waals surface area contributed by atoms with Gasteiger partial charge in [0, 0.05) is 18.7 Å². The summed E-state index contributed by atoms with van der Waals surface area (Å²) in [5, 5.41) is 3.19. The van der Waals surface area contributed by atoms with Crippen LogP contribution in [0.2, 0.25) is 0 Å². The summed E-state index contributed by atoms with van der Waals surface area (Å²) in [6.07, 6.45) is -0.329. The van der Waals surface area contributed by atoms with Gasteiger partial charge >= 0.3 is 0 Å². The third-order valence-electron chi connectivity index (χ3n) is 3.54. The number of hydrogen-bond acceptors (Lipinski definition) is 3. The van der Waals surface area contributed by atoms with Crippen molar-refractivity contribution >= 4 is 5.78 Å². The van der Waals surface area contributed by atoms with Crippen LogP contribution in [0.5, 0.6) is 0 Å². The van der Waals surface area contributed by atoms with Gasteiger partial charge in [-0.25, -0.2) is 0 Å². The van der Waals surface area contributed by atoms with E-state index in [9.17, 15) is 4.79 Å². The van der Waals surface area contributed by atoms with Gasteiger partial charge in [-0.05, 0) is 37.5 Å². The van der Waals surface area contributed by atoms with Crippen molar-refractivity contribution in [3.63, 3.8) is 0 Å². The van der Waals surface area contributed by atoms with Crippen LogP contribution < -0.4 is 5.32 Å². The van der Waals surface area contributed by atoms with Crippen LogP contribution in [-0.4, -0.2) is 31.6 Å². The summed E-state index contributed by atoms with van der Waals surface area (Å²) in [5.41, 5.74) is 4.28. The molecule has 3 heteroatoms. The molecule has 1 saturated heterocycles. The van der Waals surface area contributed by atoms with E-state index in [-0.39, 0.29) is 11.9 Å². The van der Waals surface area contributed by atoms with Crippen LogP contribution in [0, 0.1) is 20.8 Å². The monoisotopic (exact) mass is 233 g/mol. The second-order valence-corrected chi connectivity index (χ2v) is 4.61. The van der Waals surface area contributed by atoms with Gasteiger partial charge in [0.05, 0.1) is 6.61 Å². The Morgan fingerprint density at radius 2 is 2.06 bits per heavy atom. The van der Waals surface area contributed by atoms with E-state index >= 15 is 0 Å². The first-order valence-electron chi connectivity index (χ1n) is 6.04. The number of carbonyl (C=O) groups excluding carboxylic acids is 1. The molecule has 0 aliphatic carbocycles. The number of aryl methyl sites for hydroxylation is 1. The SMILES string of the molecule is Cc1ccc(C(=O)C2CNCCO2)c(C)c1C. The number of morpholine rings is 1. The molecule has 0 amide bonds. The normalized spacial score (nSPS) is 20.3. The molecule has 1 fully saturated rings. The number of rotatable bonds is 2. The molecule has 0 bridgehead atoms. The quantitative estimate of drug-likeness (QED) is 0.791. The summed E-state index contributed by atoms with van der Waals surface area (Å²) in [6, 6.07) is 3.92. The number of benzene rings is 1. The van der Waals surface area contributed by atoms with Crippen molar-refractivity contribution < 1.29 is 9.53 Å². The molecule has 17 heavy (non-hydrogen) atoms. The lowest BCUT2D eigenvalue weighted by atomic mass is 9.94. The van der Waals surface area contributed by atoms with Gasteiger partial charge < -0.3 is 10.1 Å².